The Balaban J connectivity index is 1.77. The molecule has 1 heterocycles. The van der Waals surface area contributed by atoms with E-state index >= 15 is 0 Å². The van der Waals surface area contributed by atoms with Gasteiger partial charge in [0, 0.05) is 26.3 Å². The zero-order valence-corrected chi connectivity index (χ0v) is 9.79. The van der Waals surface area contributed by atoms with Gasteiger partial charge in [-0.25, -0.2) is 0 Å². The summed E-state index contributed by atoms with van der Waals surface area (Å²) in [7, 11) is 2.00. The zero-order valence-electron chi connectivity index (χ0n) is 9.79. The number of hydrogen-bond donors (Lipinski definition) is 1. The Morgan fingerprint density at radius 2 is 2.33 bits per heavy atom. The molecule has 1 aromatic heterocycles. The zero-order chi connectivity index (χ0) is 10.7. The molecule has 1 aliphatic carbocycles. The molecule has 0 unspecified atom stereocenters. The first kappa shape index (κ1) is 10.7. The van der Waals surface area contributed by atoms with Crippen LogP contribution >= 0.6 is 0 Å². The van der Waals surface area contributed by atoms with E-state index in [2.05, 4.69) is 23.4 Å². The van der Waals surface area contributed by atoms with Crippen LogP contribution in [0.4, 0.5) is 0 Å². The van der Waals surface area contributed by atoms with Gasteiger partial charge in [-0.2, -0.15) is 5.10 Å². The molecule has 1 fully saturated rings. The van der Waals surface area contributed by atoms with E-state index in [1.54, 1.807) is 0 Å². The van der Waals surface area contributed by atoms with Crippen LogP contribution in [0.1, 0.15) is 38.3 Å². The molecule has 1 aliphatic rings. The second-order valence-corrected chi connectivity index (χ2v) is 4.76. The van der Waals surface area contributed by atoms with Crippen LogP contribution in [-0.4, -0.2) is 16.3 Å². The van der Waals surface area contributed by atoms with E-state index in [9.17, 15) is 0 Å². The molecule has 84 valence electrons. The normalized spacial score (nSPS) is 18.8. The second kappa shape index (κ2) is 4.35. The Labute approximate surface area is 91.9 Å². The molecular weight excluding hydrogens is 186 g/mol. The first-order valence-corrected chi connectivity index (χ1v) is 5.93. The van der Waals surface area contributed by atoms with Gasteiger partial charge in [0.1, 0.15) is 0 Å². The maximum Gasteiger partial charge on any atom is 0.0518 e. The molecule has 1 N–H and O–H groups in total. The van der Waals surface area contributed by atoms with Gasteiger partial charge in [-0.3, -0.25) is 4.68 Å². The number of hydrogen-bond acceptors (Lipinski definition) is 2. The topological polar surface area (TPSA) is 29.9 Å². The number of nitrogens with one attached hydrogen (secondary N) is 1. The summed E-state index contributed by atoms with van der Waals surface area (Å²) in [5, 5.41) is 7.72. The van der Waals surface area contributed by atoms with E-state index in [-0.39, 0.29) is 0 Å². The molecule has 0 bridgehead atoms. The van der Waals surface area contributed by atoms with Crippen molar-refractivity contribution in [2.45, 2.75) is 39.2 Å². The monoisotopic (exact) mass is 207 g/mol. The van der Waals surface area contributed by atoms with Gasteiger partial charge in [-0.15, -0.1) is 0 Å². The van der Waals surface area contributed by atoms with Crippen molar-refractivity contribution in [3.05, 3.63) is 18.0 Å². The standard InChI is InChI=1S/C12H21N3/c1-3-12(6-4-7-12)10-13-9-11-5-8-14-15(11)2/h5,8,13H,3-4,6-7,9-10H2,1-2H3. The van der Waals surface area contributed by atoms with Crippen LogP contribution in [0.2, 0.25) is 0 Å². The third-order valence-corrected chi connectivity index (χ3v) is 3.89. The first-order chi connectivity index (χ1) is 7.26. The van der Waals surface area contributed by atoms with Crippen molar-refractivity contribution in [3.8, 4) is 0 Å². The molecule has 2 rings (SSSR count). The maximum atomic E-state index is 4.16. The van der Waals surface area contributed by atoms with E-state index in [4.69, 9.17) is 0 Å². The van der Waals surface area contributed by atoms with Crippen LogP contribution in [0, 0.1) is 5.41 Å². The highest BCUT2D eigenvalue weighted by atomic mass is 15.3. The lowest BCUT2D eigenvalue weighted by molar-refractivity contribution is 0.123. The van der Waals surface area contributed by atoms with Crippen molar-refractivity contribution in [2.75, 3.05) is 6.54 Å². The fraction of sp³-hybridized carbons (Fsp3) is 0.750. The van der Waals surface area contributed by atoms with Crippen LogP contribution in [0.25, 0.3) is 0 Å². The molecule has 15 heavy (non-hydrogen) atoms. The second-order valence-electron chi connectivity index (χ2n) is 4.76. The Morgan fingerprint density at radius 1 is 1.53 bits per heavy atom. The van der Waals surface area contributed by atoms with Gasteiger partial charge in [-0.1, -0.05) is 13.3 Å². The van der Waals surface area contributed by atoms with Crippen molar-refractivity contribution in [3.63, 3.8) is 0 Å². The van der Waals surface area contributed by atoms with Crippen molar-refractivity contribution in [1.29, 1.82) is 0 Å². The minimum atomic E-state index is 0.610. The predicted octanol–water partition coefficient (Wildman–Crippen LogP) is 2.09. The van der Waals surface area contributed by atoms with Gasteiger partial charge in [-0.05, 0) is 30.7 Å². The Morgan fingerprint density at radius 3 is 2.80 bits per heavy atom. The summed E-state index contributed by atoms with van der Waals surface area (Å²) in [5.41, 5.74) is 1.87. The largest absolute Gasteiger partial charge is 0.311 e. The SMILES string of the molecule is CCC1(CNCc2ccnn2C)CCC1. The molecule has 0 spiro atoms. The third kappa shape index (κ3) is 2.23. The van der Waals surface area contributed by atoms with E-state index in [1.807, 2.05) is 17.9 Å². The van der Waals surface area contributed by atoms with E-state index < -0.39 is 0 Å². The quantitative estimate of drug-likeness (QED) is 0.801. The highest BCUT2D eigenvalue weighted by molar-refractivity contribution is 4.99. The molecule has 3 heteroatoms. The van der Waals surface area contributed by atoms with Gasteiger partial charge < -0.3 is 5.32 Å². The lowest BCUT2D eigenvalue weighted by atomic mass is 9.67. The van der Waals surface area contributed by atoms with E-state index in [0.717, 1.165) is 13.1 Å². The van der Waals surface area contributed by atoms with Crippen molar-refractivity contribution in [1.82, 2.24) is 15.1 Å². The minimum absolute atomic E-state index is 0.610. The van der Waals surface area contributed by atoms with Crippen LogP contribution in [-0.2, 0) is 13.6 Å². The average molecular weight is 207 g/mol. The molecule has 0 aromatic carbocycles. The van der Waals surface area contributed by atoms with E-state index in [1.165, 1.54) is 31.4 Å². The molecule has 0 saturated heterocycles. The lowest BCUT2D eigenvalue weighted by Gasteiger charge is -2.41. The van der Waals surface area contributed by atoms with Gasteiger partial charge in [0.25, 0.3) is 0 Å². The van der Waals surface area contributed by atoms with Crippen molar-refractivity contribution in [2.24, 2.45) is 12.5 Å². The molecule has 0 atom stereocenters. The van der Waals surface area contributed by atoms with Crippen molar-refractivity contribution < 1.29 is 0 Å². The Bertz CT molecular complexity index is 307. The highest BCUT2D eigenvalue weighted by Gasteiger charge is 2.34. The molecule has 0 aliphatic heterocycles. The lowest BCUT2D eigenvalue weighted by Crippen LogP contribution is -2.39. The fourth-order valence-corrected chi connectivity index (χ4v) is 2.36. The van der Waals surface area contributed by atoms with Crippen LogP contribution < -0.4 is 5.32 Å². The number of rotatable bonds is 5. The molecular formula is C12H21N3. The van der Waals surface area contributed by atoms with Gasteiger partial charge in [0.15, 0.2) is 0 Å². The summed E-state index contributed by atoms with van der Waals surface area (Å²) in [6.45, 7) is 4.41. The van der Waals surface area contributed by atoms with Gasteiger partial charge >= 0.3 is 0 Å². The third-order valence-electron chi connectivity index (χ3n) is 3.89. The van der Waals surface area contributed by atoms with Crippen LogP contribution in [0.5, 0.6) is 0 Å². The van der Waals surface area contributed by atoms with E-state index in [0.29, 0.717) is 5.41 Å². The molecule has 0 amide bonds. The van der Waals surface area contributed by atoms with Gasteiger partial charge in [0.2, 0.25) is 0 Å². The smallest absolute Gasteiger partial charge is 0.0518 e. The number of nitrogens with zero attached hydrogens (tertiary/aromatic N) is 2. The van der Waals surface area contributed by atoms with Crippen LogP contribution in [0.15, 0.2) is 12.3 Å². The Hall–Kier alpha value is -0.830. The number of aryl methyl sites for hydroxylation is 1. The summed E-state index contributed by atoms with van der Waals surface area (Å²) in [6.07, 6.45) is 7.40. The molecule has 0 radical (unpaired) electrons. The first-order valence-electron chi connectivity index (χ1n) is 5.93. The summed E-state index contributed by atoms with van der Waals surface area (Å²) >= 11 is 0. The predicted molar refractivity (Wildman–Crippen MR) is 61.5 cm³/mol. The molecule has 1 saturated carbocycles. The molecule has 3 nitrogen and oxygen atoms in total. The Kier molecular flexibility index (Phi) is 3.10. The maximum absolute atomic E-state index is 4.16. The van der Waals surface area contributed by atoms with Crippen LogP contribution in [0.3, 0.4) is 0 Å². The summed E-state index contributed by atoms with van der Waals surface area (Å²) < 4.78 is 1.94. The fourth-order valence-electron chi connectivity index (χ4n) is 2.36. The average Bonchev–Trinajstić information content (AvgIpc) is 2.57. The van der Waals surface area contributed by atoms with Crippen molar-refractivity contribution >= 4 is 0 Å². The molecule has 1 aromatic rings. The number of aromatic nitrogens is 2. The van der Waals surface area contributed by atoms with Gasteiger partial charge in [0.05, 0.1) is 5.69 Å². The highest BCUT2D eigenvalue weighted by Crippen LogP contribution is 2.43. The summed E-state index contributed by atoms with van der Waals surface area (Å²) in [4.78, 5) is 0. The minimum Gasteiger partial charge on any atom is -0.311 e. The summed E-state index contributed by atoms with van der Waals surface area (Å²) in [6, 6.07) is 2.08. The summed E-state index contributed by atoms with van der Waals surface area (Å²) in [5.74, 6) is 0.